The molecule has 1 aromatic heterocycles. The molecule has 0 saturated heterocycles. The van der Waals surface area contributed by atoms with E-state index in [2.05, 4.69) is 10.1 Å². The summed E-state index contributed by atoms with van der Waals surface area (Å²) in [5.74, 6) is 1.04. The summed E-state index contributed by atoms with van der Waals surface area (Å²) < 4.78 is 5.20. The normalized spacial score (nSPS) is 10.8. The number of phenols is 1. The van der Waals surface area contributed by atoms with Crippen LogP contribution in [0.2, 0.25) is 10.0 Å². The highest BCUT2D eigenvalue weighted by Gasteiger charge is 2.12. The predicted molar refractivity (Wildman–Crippen MR) is 80.7 cm³/mol. The van der Waals surface area contributed by atoms with Gasteiger partial charge in [0, 0.05) is 11.1 Å². The van der Waals surface area contributed by atoms with E-state index in [-0.39, 0.29) is 5.75 Å². The number of phenolic OH excluding ortho intramolecular Hbond substituents is 1. The van der Waals surface area contributed by atoms with Gasteiger partial charge in [0.2, 0.25) is 11.7 Å². The van der Waals surface area contributed by atoms with E-state index in [0.29, 0.717) is 28.2 Å². The Balaban J connectivity index is 1.86. The van der Waals surface area contributed by atoms with Crippen LogP contribution in [-0.2, 0) is 6.42 Å². The van der Waals surface area contributed by atoms with Gasteiger partial charge >= 0.3 is 0 Å². The molecule has 0 bridgehead atoms. The monoisotopic (exact) mass is 320 g/mol. The number of aromatic hydroxyl groups is 1. The lowest BCUT2D eigenvalue weighted by Crippen LogP contribution is -1.89. The van der Waals surface area contributed by atoms with E-state index in [1.807, 2.05) is 6.07 Å². The third-order valence-corrected chi connectivity index (χ3v) is 3.72. The van der Waals surface area contributed by atoms with E-state index in [4.69, 9.17) is 27.7 Å². The summed E-state index contributed by atoms with van der Waals surface area (Å²) in [6, 6.07) is 12.1. The van der Waals surface area contributed by atoms with Gasteiger partial charge in [0.1, 0.15) is 5.75 Å². The molecule has 0 unspecified atom stereocenters. The van der Waals surface area contributed by atoms with Crippen LogP contribution < -0.4 is 0 Å². The second kappa shape index (κ2) is 5.76. The summed E-state index contributed by atoms with van der Waals surface area (Å²) in [4.78, 5) is 4.30. The molecule has 6 heteroatoms. The van der Waals surface area contributed by atoms with E-state index in [9.17, 15) is 5.11 Å². The minimum Gasteiger partial charge on any atom is -0.508 e. The van der Waals surface area contributed by atoms with Crippen LogP contribution in [-0.4, -0.2) is 15.2 Å². The molecule has 21 heavy (non-hydrogen) atoms. The van der Waals surface area contributed by atoms with Crippen molar-refractivity contribution in [2.75, 3.05) is 0 Å². The molecule has 3 aromatic rings. The minimum atomic E-state index is 0.201. The number of rotatable bonds is 3. The number of hydrogen-bond acceptors (Lipinski definition) is 4. The Morgan fingerprint density at radius 3 is 2.62 bits per heavy atom. The van der Waals surface area contributed by atoms with Crippen LogP contribution in [0.5, 0.6) is 5.75 Å². The fraction of sp³-hybridized carbons (Fsp3) is 0.0667. The van der Waals surface area contributed by atoms with Gasteiger partial charge in [-0.05, 0) is 24.3 Å². The maximum atomic E-state index is 9.74. The van der Waals surface area contributed by atoms with Crippen molar-refractivity contribution < 1.29 is 9.63 Å². The first-order chi connectivity index (χ1) is 10.1. The highest BCUT2D eigenvalue weighted by atomic mass is 35.5. The summed E-state index contributed by atoms with van der Waals surface area (Å²) in [6.45, 7) is 0. The summed E-state index contributed by atoms with van der Waals surface area (Å²) in [6.07, 6.45) is 0.362. The van der Waals surface area contributed by atoms with Crippen molar-refractivity contribution in [3.8, 4) is 17.1 Å². The number of nitrogens with zero attached hydrogens (tertiary/aromatic N) is 2. The number of para-hydroxylation sites is 1. The first-order valence-corrected chi connectivity index (χ1v) is 6.94. The van der Waals surface area contributed by atoms with Gasteiger partial charge in [-0.25, -0.2) is 0 Å². The molecule has 0 aliphatic carbocycles. The van der Waals surface area contributed by atoms with Gasteiger partial charge in [-0.3, -0.25) is 0 Å². The van der Waals surface area contributed by atoms with Crippen molar-refractivity contribution in [2.45, 2.75) is 6.42 Å². The zero-order valence-corrected chi connectivity index (χ0v) is 12.3. The number of halogens is 2. The fourth-order valence-electron chi connectivity index (χ4n) is 1.90. The Morgan fingerprint density at radius 1 is 1.05 bits per heavy atom. The molecule has 0 fully saturated rings. The van der Waals surface area contributed by atoms with Crippen molar-refractivity contribution in [3.63, 3.8) is 0 Å². The Labute approximate surface area is 130 Å². The zero-order chi connectivity index (χ0) is 14.8. The summed E-state index contributed by atoms with van der Waals surface area (Å²) in [5, 5.41) is 14.6. The number of hydrogen-bond donors (Lipinski definition) is 1. The third-order valence-electron chi connectivity index (χ3n) is 2.98. The van der Waals surface area contributed by atoms with Crippen LogP contribution >= 0.6 is 23.2 Å². The van der Waals surface area contributed by atoms with Crippen LogP contribution in [0.15, 0.2) is 47.0 Å². The molecule has 0 amide bonds. The predicted octanol–water partition coefficient (Wildman–Crippen LogP) is 4.34. The van der Waals surface area contributed by atoms with Gasteiger partial charge in [-0.2, -0.15) is 4.98 Å². The van der Waals surface area contributed by atoms with E-state index in [1.165, 1.54) is 0 Å². The van der Waals surface area contributed by atoms with Gasteiger partial charge in [-0.1, -0.05) is 46.6 Å². The Bertz CT molecular complexity index is 787. The number of benzene rings is 2. The van der Waals surface area contributed by atoms with Gasteiger partial charge in [0.25, 0.3) is 0 Å². The maximum Gasteiger partial charge on any atom is 0.231 e. The second-order valence-corrected chi connectivity index (χ2v) is 5.26. The van der Waals surface area contributed by atoms with Crippen molar-refractivity contribution >= 4 is 23.2 Å². The van der Waals surface area contributed by atoms with Crippen LogP contribution in [0.25, 0.3) is 11.4 Å². The fourth-order valence-corrected chi connectivity index (χ4v) is 2.20. The molecule has 3 rings (SSSR count). The minimum absolute atomic E-state index is 0.201. The van der Waals surface area contributed by atoms with E-state index in [0.717, 1.165) is 11.1 Å². The largest absolute Gasteiger partial charge is 0.508 e. The maximum absolute atomic E-state index is 9.74. The van der Waals surface area contributed by atoms with Gasteiger partial charge in [-0.15, -0.1) is 0 Å². The van der Waals surface area contributed by atoms with E-state index in [1.54, 1.807) is 36.4 Å². The second-order valence-electron chi connectivity index (χ2n) is 4.45. The molecule has 106 valence electrons. The molecule has 0 atom stereocenters. The van der Waals surface area contributed by atoms with Crippen LogP contribution in [0.4, 0.5) is 0 Å². The molecule has 0 aliphatic rings. The molecular weight excluding hydrogens is 311 g/mol. The smallest absolute Gasteiger partial charge is 0.231 e. The Kier molecular flexibility index (Phi) is 3.82. The van der Waals surface area contributed by atoms with Crippen molar-refractivity contribution in [1.29, 1.82) is 0 Å². The van der Waals surface area contributed by atoms with Crippen molar-refractivity contribution in [2.24, 2.45) is 0 Å². The first kappa shape index (κ1) is 13.9. The standard InChI is InChI=1S/C15H10Cl2N2O2/c16-11-6-5-10(7-12(11)17)15-18-14(21-19-15)8-9-3-1-2-4-13(9)20/h1-7,20H,8H2. The summed E-state index contributed by atoms with van der Waals surface area (Å²) >= 11 is 11.8. The van der Waals surface area contributed by atoms with Gasteiger partial charge in [0.05, 0.1) is 16.5 Å². The molecule has 0 saturated carbocycles. The third kappa shape index (κ3) is 3.01. The molecular formula is C15H10Cl2N2O2. The van der Waals surface area contributed by atoms with Gasteiger partial charge < -0.3 is 9.63 Å². The lowest BCUT2D eigenvalue weighted by molar-refractivity contribution is 0.383. The highest BCUT2D eigenvalue weighted by Crippen LogP contribution is 2.27. The lowest BCUT2D eigenvalue weighted by Gasteiger charge is -1.99. The van der Waals surface area contributed by atoms with Crippen LogP contribution in [0, 0.1) is 0 Å². The Morgan fingerprint density at radius 2 is 1.86 bits per heavy atom. The van der Waals surface area contributed by atoms with Crippen LogP contribution in [0.3, 0.4) is 0 Å². The average molecular weight is 321 g/mol. The van der Waals surface area contributed by atoms with Crippen molar-refractivity contribution in [1.82, 2.24) is 10.1 Å². The first-order valence-electron chi connectivity index (χ1n) is 6.18. The topological polar surface area (TPSA) is 59.2 Å². The summed E-state index contributed by atoms with van der Waals surface area (Å²) in [5.41, 5.74) is 1.44. The van der Waals surface area contributed by atoms with Crippen LogP contribution in [0.1, 0.15) is 11.5 Å². The SMILES string of the molecule is Oc1ccccc1Cc1nc(-c2ccc(Cl)c(Cl)c2)no1. The molecule has 0 radical (unpaired) electrons. The molecule has 2 aromatic carbocycles. The molecule has 0 spiro atoms. The van der Waals surface area contributed by atoms with Crippen molar-refractivity contribution in [3.05, 3.63) is 64.0 Å². The molecule has 1 N–H and O–H groups in total. The highest BCUT2D eigenvalue weighted by molar-refractivity contribution is 6.42. The average Bonchev–Trinajstić information content (AvgIpc) is 2.93. The van der Waals surface area contributed by atoms with E-state index >= 15 is 0 Å². The Hall–Kier alpha value is -2.04. The van der Waals surface area contributed by atoms with E-state index < -0.39 is 0 Å². The number of aromatic nitrogens is 2. The quantitative estimate of drug-likeness (QED) is 0.779. The zero-order valence-electron chi connectivity index (χ0n) is 10.8. The lowest BCUT2D eigenvalue weighted by atomic mass is 10.1. The molecule has 0 aliphatic heterocycles. The molecule has 4 nitrogen and oxygen atoms in total. The summed E-state index contributed by atoms with van der Waals surface area (Å²) in [7, 11) is 0. The van der Waals surface area contributed by atoms with Gasteiger partial charge in [0.15, 0.2) is 0 Å². The molecule has 1 heterocycles.